The molecule has 1 N–H and O–H groups in total. The molecule has 118 valence electrons. The highest BCUT2D eigenvalue weighted by Crippen LogP contribution is 2.29. The van der Waals surface area contributed by atoms with Gasteiger partial charge in [-0.3, -0.25) is 4.99 Å². The first-order valence-electron chi connectivity index (χ1n) is 7.81. The van der Waals surface area contributed by atoms with Gasteiger partial charge in [-0.1, -0.05) is 48.5 Å². The fourth-order valence-corrected chi connectivity index (χ4v) is 3.13. The fourth-order valence-electron chi connectivity index (χ4n) is 3.13. The van der Waals surface area contributed by atoms with Gasteiger partial charge in [0.2, 0.25) is 0 Å². The van der Waals surface area contributed by atoms with Crippen molar-refractivity contribution in [2.45, 2.75) is 13.0 Å². The number of hydrogen-bond acceptors (Lipinski definition) is 2. The molecule has 3 aromatic rings. The Bertz CT molecular complexity index is 790. The van der Waals surface area contributed by atoms with Crippen LogP contribution in [0.3, 0.4) is 0 Å². The van der Waals surface area contributed by atoms with Gasteiger partial charge in [-0.2, -0.15) is 0 Å². The van der Waals surface area contributed by atoms with Crippen molar-refractivity contribution in [2.24, 2.45) is 4.99 Å². The average molecular weight is 326 g/mol. The largest absolute Gasteiger partial charge is 0.357 e. The Hall–Kier alpha value is -2.26. The molecule has 1 unspecified atom stereocenters. The highest BCUT2D eigenvalue weighted by Gasteiger charge is 2.27. The Balaban J connectivity index is 0.00000156. The molecule has 2 aromatic carbocycles. The van der Waals surface area contributed by atoms with Crippen molar-refractivity contribution in [1.82, 2.24) is 9.88 Å². The van der Waals surface area contributed by atoms with Crippen LogP contribution >= 0.6 is 12.4 Å². The van der Waals surface area contributed by atoms with Crippen molar-refractivity contribution >= 4 is 29.1 Å². The van der Waals surface area contributed by atoms with Gasteiger partial charge in [0.15, 0.2) is 0 Å². The highest BCUT2D eigenvalue weighted by molar-refractivity contribution is 6.00. The van der Waals surface area contributed by atoms with E-state index in [-0.39, 0.29) is 18.4 Å². The number of halogens is 1. The number of aromatic amines is 1. The number of aliphatic imine (C=N–C) groups is 1. The zero-order valence-electron chi connectivity index (χ0n) is 13.1. The third kappa shape index (κ3) is 2.84. The second-order valence-electron chi connectivity index (χ2n) is 5.69. The fraction of sp³-hybridized carbons (Fsp3) is 0.211. The van der Waals surface area contributed by atoms with Gasteiger partial charge in [0.05, 0.1) is 0 Å². The Morgan fingerprint density at radius 3 is 2.57 bits per heavy atom. The molecule has 1 aromatic heterocycles. The smallest absolute Gasteiger partial charge is 0.131 e. The third-order valence-corrected chi connectivity index (χ3v) is 4.29. The van der Waals surface area contributed by atoms with Gasteiger partial charge in [0.1, 0.15) is 11.9 Å². The molecule has 0 saturated carbocycles. The molecule has 0 saturated heterocycles. The zero-order valence-corrected chi connectivity index (χ0v) is 13.9. The van der Waals surface area contributed by atoms with Crippen molar-refractivity contribution in [2.75, 3.05) is 13.1 Å². The molecule has 0 bridgehead atoms. The molecule has 0 spiro atoms. The number of H-pyrrole nitrogens is 1. The number of hydrogen-bond donors (Lipinski definition) is 1. The first kappa shape index (κ1) is 15.6. The van der Waals surface area contributed by atoms with E-state index in [2.05, 4.69) is 71.4 Å². The molecule has 1 aliphatic rings. The van der Waals surface area contributed by atoms with E-state index < -0.39 is 0 Å². The van der Waals surface area contributed by atoms with E-state index in [1.54, 1.807) is 0 Å². The summed E-state index contributed by atoms with van der Waals surface area (Å²) >= 11 is 0. The Morgan fingerprint density at radius 1 is 1.09 bits per heavy atom. The van der Waals surface area contributed by atoms with Crippen LogP contribution in [0.25, 0.3) is 10.9 Å². The lowest BCUT2D eigenvalue weighted by atomic mass is 10.2. The Morgan fingerprint density at radius 2 is 1.83 bits per heavy atom. The van der Waals surface area contributed by atoms with E-state index >= 15 is 0 Å². The van der Waals surface area contributed by atoms with Crippen molar-refractivity contribution in [3.05, 3.63) is 71.9 Å². The van der Waals surface area contributed by atoms with E-state index in [9.17, 15) is 0 Å². The molecular formula is C19H20ClN3. The molecular weight excluding hydrogens is 306 g/mol. The summed E-state index contributed by atoms with van der Waals surface area (Å²) in [7, 11) is 0. The molecule has 23 heavy (non-hydrogen) atoms. The predicted molar refractivity (Wildman–Crippen MR) is 98.5 cm³/mol. The molecule has 0 fully saturated rings. The SMILES string of the molecule is CCN1CC(c2cc3ccccc3[nH]2)N=C1c1ccccc1.Cl. The number of likely N-dealkylation sites (N-methyl/N-ethyl adjacent to an activating group) is 1. The van der Waals surface area contributed by atoms with E-state index in [0.717, 1.165) is 18.9 Å². The highest BCUT2D eigenvalue weighted by atomic mass is 35.5. The van der Waals surface area contributed by atoms with Crippen LogP contribution in [-0.4, -0.2) is 28.8 Å². The third-order valence-electron chi connectivity index (χ3n) is 4.29. The standard InChI is InChI=1S/C19H19N3.ClH/c1-2-22-13-18(21-19(22)14-8-4-3-5-9-14)17-12-15-10-6-7-11-16(15)20-17;/h3-12,18,20H,2,13H2,1H3;1H. The summed E-state index contributed by atoms with van der Waals surface area (Å²) in [6.07, 6.45) is 0. The van der Waals surface area contributed by atoms with Crippen LogP contribution in [0.4, 0.5) is 0 Å². The van der Waals surface area contributed by atoms with Crippen LogP contribution in [0.5, 0.6) is 0 Å². The van der Waals surface area contributed by atoms with Crippen LogP contribution < -0.4 is 0 Å². The number of nitrogens with zero attached hydrogens (tertiary/aromatic N) is 2. The van der Waals surface area contributed by atoms with Crippen molar-refractivity contribution < 1.29 is 0 Å². The monoisotopic (exact) mass is 325 g/mol. The van der Waals surface area contributed by atoms with Crippen LogP contribution in [0.1, 0.15) is 24.2 Å². The van der Waals surface area contributed by atoms with Gasteiger partial charge in [-0.25, -0.2) is 0 Å². The molecule has 4 rings (SSSR count). The second-order valence-corrected chi connectivity index (χ2v) is 5.69. The summed E-state index contributed by atoms with van der Waals surface area (Å²) < 4.78 is 0. The molecule has 1 atom stereocenters. The van der Waals surface area contributed by atoms with Gasteiger partial charge >= 0.3 is 0 Å². The minimum absolute atomic E-state index is 0. The van der Waals surface area contributed by atoms with Crippen LogP contribution in [0.15, 0.2) is 65.7 Å². The molecule has 1 aliphatic heterocycles. The Labute approximate surface area is 142 Å². The van der Waals surface area contributed by atoms with Gasteiger partial charge in [-0.15, -0.1) is 12.4 Å². The summed E-state index contributed by atoms with van der Waals surface area (Å²) in [5, 5.41) is 1.25. The summed E-state index contributed by atoms with van der Waals surface area (Å²) in [6.45, 7) is 4.10. The lowest BCUT2D eigenvalue weighted by molar-refractivity contribution is 0.446. The lowest BCUT2D eigenvalue weighted by Crippen LogP contribution is -2.28. The van der Waals surface area contributed by atoms with E-state index in [0.29, 0.717) is 0 Å². The average Bonchev–Trinajstić information content (AvgIpc) is 3.19. The lowest BCUT2D eigenvalue weighted by Gasteiger charge is -2.18. The van der Waals surface area contributed by atoms with E-state index in [1.165, 1.54) is 22.2 Å². The first-order chi connectivity index (χ1) is 10.8. The zero-order chi connectivity index (χ0) is 14.9. The maximum Gasteiger partial charge on any atom is 0.131 e. The maximum atomic E-state index is 4.99. The number of aromatic nitrogens is 1. The molecule has 4 heteroatoms. The quantitative estimate of drug-likeness (QED) is 0.759. The number of rotatable bonds is 3. The number of fused-ring (bicyclic) bond motifs is 1. The van der Waals surface area contributed by atoms with Crippen LogP contribution in [-0.2, 0) is 0 Å². The van der Waals surface area contributed by atoms with Crippen LogP contribution in [0.2, 0.25) is 0 Å². The normalized spacial score (nSPS) is 17.2. The van der Waals surface area contributed by atoms with Gasteiger partial charge < -0.3 is 9.88 Å². The molecule has 0 aliphatic carbocycles. The number of nitrogens with one attached hydrogen (secondary N) is 1. The van der Waals surface area contributed by atoms with Crippen molar-refractivity contribution in [3.8, 4) is 0 Å². The minimum atomic E-state index is 0. The second kappa shape index (κ2) is 6.47. The molecule has 2 heterocycles. The topological polar surface area (TPSA) is 31.4 Å². The van der Waals surface area contributed by atoms with Gasteiger partial charge in [-0.05, 0) is 24.4 Å². The van der Waals surface area contributed by atoms with E-state index in [1.807, 2.05) is 6.07 Å². The van der Waals surface area contributed by atoms with Crippen molar-refractivity contribution in [3.63, 3.8) is 0 Å². The number of benzene rings is 2. The molecule has 3 nitrogen and oxygen atoms in total. The maximum absolute atomic E-state index is 4.99. The number of amidine groups is 1. The first-order valence-corrected chi connectivity index (χ1v) is 7.81. The van der Waals surface area contributed by atoms with Crippen LogP contribution in [0, 0.1) is 0 Å². The van der Waals surface area contributed by atoms with E-state index in [4.69, 9.17) is 4.99 Å². The summed E-state index contributed by atoms with van der Waals surface area (Å²) in [5.41, 5.74) is 3.58. The number of para-hydroxylation sites is 1. The predicted octanol–water partition coefficient (Wildman–Crippen LogP) is 4.41. The summed E-state index contributed by atoms with van der Waals surface area (Å²) in [5.74, 6) is 1.10. The summed E-state index contributed by atoms with van der Waals surface area (Å²) in [6, 6.07) is 21.3. The minimum Gasteiger partial charge on any atom is -0.357 e. The summed E-state index contributed by atoms with van der Waals surface area (Å²) in [4.78, 5) is 10.9. The van der Waals surface area contributed by atoms with Gasteiger partial charge in [0.25, 0.3) is 0 Å². The van der Waals surface area contributed by atoms with Crippen molar-refractivity contribution in [1.29, 1.82) is 0 Å². The van der Waals surface area contributed by atoms with Gasteiger partial charge in [0, 0.05) is 29.9 Å². The molecule has 0 radical (unpaired) electrons. The molecule has 0 amide bonds. The Kier molecular flexibility index (Phi) is 4.39.